The smallest absolute Gasteiger partial charge is 0.313 e. The van der Waals surface area contributed by atoms with Crippen molar-refractivity contribution in [3.63, 3.8) is 0 Å². The summed E-state index contributed by atoms with van der Waals surface area (Å²) in [5.74, 6) is -2.85. The lowest BCUT2D eigenvalue weighted by Crippen LogP contribution is -2.01. The number of carbonyl (C=O) groups excluding carboxylic acids is 1. The maximum atomic E-state index is 13.2. The van der Waals surface area contributed by atoms with E-state index in [0.29, 0.717) is 6.07 Å². The number of halogens is 3. The van der Waals surface area contributed by atoms with Crippen molar-refractivity contribution in [2.45, 2.75) is 0 Å². The standard InChI is InChI=1S/C14H8F3NO2/c15-11-4-1-9(2-5-11)14(19)20-18-8-10-3-6-12(16)7-13(10)17/h1-8H/b18-8+. The highest BCUT2D eigenvalue weighted by Gasteiger charge is 2.07. The maximum absolute atomic E-state index is 13.2. The predicted molar refractivity (Wildman–Crippen MR) is 65.8 cm³/mol. The van der Waals surface area contributed by atoms with E-state index >= 15 is 0 Å². The summed E-state index contributed by atoms with van der Waals surface area (Å²) in [5, 5.41) is 3.30. The average Bonchev–Trinajstić information content (AvgIpc) is 2.42. The van der Waals surface area contributed by atoms with Crippen molar-refractivity contribution in [2.24, 2.45) is 5.16 Å². The van der Waals surface area contributed by atoms with Gasteiger partial charge in [-0.2, -0.15) is 0 Å². The van der Waals surface area contributed by atoms with Crippen LogP contribution >= 0.6 is 0 Å². The molecule has 0 unspecified atom stereocenters. The van der Waals surface area contributed by atoms with Gasteiger partial charge in [0.15, 0.2) is 0 Å². The van der Waals surface area contributed by atoms with Gasteiger partial charge in [0.1, 0.15) is 17.5 Å². The Balaban J connectivity index is 2.02. The third-order valence-electron chi connectivity index (χ3n) is 2.37. The van der Waals surface area contributed by atoms with Gasteiger partial charge in [-0.15, -0.1) is 0 Å². The van der Waals surface area contributed by atoms with E-state index in [-0.39, 0.29) is 11.1 Å². The van der Waals surface area contributed by atoms with Crippen LogP contribution in [0.1, 0.15) is 15.9 Å². The number of carbonyl (C=O) groups is 1. The first-order chi connectivity index (χ1) is 9.56. The topological polar surface area (TPSA) is 38.7 Å². The average molecular weight is 279 g/mol. The molecular weight excluding hydrogens is 271 g/mol. The van der Waals surface area contributed by atoms with Crippen LogP contribution in [0.25, 0.3) is 0 Å². The molecule has 0 aliphatic carbocycles. The quantitative estimate of drug-likeness (QED) is 0.491. The van der Waals surface area contributed by atoms with E-state index in [1.807, 2.05) is 0 Å². The van der Waals surface area contributed by atoms with Crippen LogP contribution in [0, 0.1) is 17.5 Å². The van der Waals surface area contributed by atoms with Crippen molar-refractivity contribution in [2.75, 3.05) is 0 Å². The highest BCUT2D eigenvalue weighted by atomic mass is 19.1. The highest BCUT2D eigenvalue weighted by Crippen LogP contribution is 2.08. The lowest BCUT2D eigenvalue weighted by molar-refractivity contribution is 0.0519. The highest BCUT2D eigenvalue weighted by molar-refractivity contribution is 5.90. The molecule has 6 heteroatoms. The van der Waals surface area contributed by atoms with Crippen LogP contribution in [0.5, 0.6) is 0 Å². The van der Waals surface area contributed by atoms with Crippen LogP contribution in [0.15, 0.2) is 47.6 Å². The second-order valence-corrected chi connectivity index (χ2v) is 3.79. The Morgan fingerprint density at radius 3 is 2.30 bits per heavy atom. The van der Waals surface area contributed by atoms with Gasteiger partial charge in [0.05, 0.1) is 11.8 Å². The van der Waals surface area contributed by atoms with Gasteiger partial charge in [-0.25, -0.2) is 18.0 Å². The molecule has 2 rings (SSSR count). The summed E-state index contributed by atoms with van der Waals surface area (Å²) in [5.41, 5.74) is 0.0708. The van der Waals surface area contributed by atoms with Crippen LogP contribution in [0.3, 0.4) is 0 Å². The first-order valence-electron chi connectivity index (χ1n) is 5.51. The van der Waals surface area contributed by atoms with Gasteiger partial charge < -0.3 is 4.84 Å². The lowest BCUT2D eigenvalue weighted by Gasteiger charge is -1.98. The van der Waals surface area contributed by atoms with E-state index in [2.05, 4.69) is 9.99 Å². The summed E-state index contributed by atoms with van der Waals surface area (Å²) >= 11 is 0. The van der Waals surface area contributed by atoms with Gasteiger partial charge in [-0.05, 0) is 36.4 Å². The third-order valence-corrected chi connectivity index (χ3v) is 2.37. The molecule has 3 nitrogen and oxygen atoms in total. The van der Waals surface area contributed by atoms with E-state index in [1.54, 1.807) is 0 Å². The molecule has 102 valence electrons. The van der Waals surface area contributed by atoms with Gasteiger partial charge in [0.25, 0.3) is 0 Å². The van der Waals surface area contributed by atoms with E-state index in [0.717, 1.165) is 30.5 Å². The molecule has 0 radical (unpaired) electrons. The number of oxime groups is 1. The maximum Gasteiger partial charge on any atom is 0.365 e. The third kappa shape index (κ3) is 3.44. The van der Waals surface area contributed by atoms with Gasteiger partial charge in [0.2, 0.25) is 0 Å². The molecule has 0 amide bonds. The minimum atomic E-state index is -0.827. The molecule has 0 N–H and O–H groups in total. The summed E-state index contributed by atoms with van der Waals surface area (Å²) in [6.45, 7) is 0. The van der Waals surface area contributed by atoms with Crippen LogP contribution in [0.2, 0.25) is 0 Å². The Bertz CT molecular complexity index is 654. The first kappa shape index (κ1) is 13.8. The summed E-state index contributed by atoms with van der Waals surface area (Å²) in [6, 6.07) is 7.53. The fourth-order valence-electron chi connectivity index (χ4n) is 1.38. The zero-order valence-corrected chi connectivity index (χ0v) is 10.0. The van der Waals surface area contributed by atoms with E-state index in [9.17, 15) is 18.0 Å². The van der Waals surface area contributed by atoms with Crippen LogP contribution in [-0.2, 0) is 4.84 Å². The number of hydrogen-bond donors (Lipinski definition) is 0. The van der Waals surface area contributed by atoms with Crippen molar-refractivity contribution in [3.05, 3.63) is 71.0 Å². The second-order valence-electron chi connectivity index (χ2n) is 3.79. The monoisotopic (exact) mass is 279 g/mol. The molecule has 0 atom stereocenters. The first-order valence-corrected chi connectivity index (χ1v) is 5.51. The van der Waals surface area contributed by atoms with Gasteiger partial charge in [-0.3, -0.25) is 0 Å². The molecule has 0 saturated carbocycles. The molecule has 2 aromatic carbocycles. The predicted octanol–water partition coefficient (Wildman–Crippen LogP) is 3.29. The lowest BCUT2D eigenvalue weighted by atomic mass is 10.2. The Morgan fingerprint density at radius 1 is 1.00 bits per heavy atom. The van der Waals surface area contributed by atoms with Crippen molar-refractivity contribution in [1.29, 1.82) is 0 Å². The number of rotatable bonds is 3. The normalized spacial score (nSPS) is 10.8. The fourth-order valence-corrected chi connectivity index (χ4v) is 1.38. The van der Waals surface area contributed by atoms with Gasteiger partial charge >= 0.3 is 5.97 Å². The van der Waals surface area contributed by atoms with Crippen LogP contribution in [0.4, 0.5) is 13.2 Å². The van der Waals surface area contributed by atoms with E-state index < -0.39 is 23.4 Å². The van der Waals surface area contributed by atoms with Crippen LogP contribution in [-0.4, -0.2) is 12.2 Å². The molecule has 0 aromatic heterocycles. The molecule has 0 aliphatic heterocycles. The second kappa shape index (κ2) is 6.01. The zero-order chi connectivity index (χ0) is 14.5. The number of nitrogens with zero attached hydrogens (tertiary/aromatic N) is 1. The molecular formula is C14H8F3NO2. The summed E-state index contributed by atoms with van der Waals surface area (Å²) in [4.78, 5) is 16.0. The summed E-state index contributed by atoms with van der Waals surface area (Å²) in [7, 11) is 0. The Kier molecular flexibility index (Phi) is 4.14. The van der Waals surface area contributed by atoms with Crippen molar-refractivity contribution >= 4 is 12.2 Å². The van der Waals surface area contributed by atoms with E-state index in [1.165, 1.54) is 12.1 Å². The number of benzene rings is 2. The zero-order valence-electron chi connectivity index (χ0n) is 10.0. The van der Waals surface area contributed by atoms with Crippen molar-refractivity contribution < 1.29 is 22.8 Å². The SMILES string of the molecule is O=C(O/N=C/c1ccc(F)cc1F)c1ccc(F)cc1. The molecule has 0 heterocycles. The molecule has 0 fully saturated rings. The number of hydrogen-bond acceptors (Lipinski definition) is 3. The minimum Gasteiger partial charge on any atom is -0.313 e. The molecule has 0 saturated heterocycles. The molecule has 2 aromatic rings. The Labute approximate surface area is 112 Å². The largest absolute Gasteiger partial charge is 0.365 e. The van der Waals surface area contributed by atoms with Gasteiger partial charge in [0, 0.05) is 11.6 Å². The Morgan fingerprint density at radius 2 is 1.65 bits per heavy atom. The summed E-state index contributed by atoms with van der Waals surface area (Å²) < 4.78 is 38.5. The van der Waals surface area contributed by atoms with E-state index in [4.69, 9.17) is 0 Å². The molecule has 20 heavy (non-hydrogen) atoms. The van der Waals surface area contributed by atoms with Gasteiger partial charge in [-0.1, -0.05) is 5.16 Å². The fraction of sp³-hybridized carbons (Fsp3) is 0. The molecule has 0 aliphatic rings. The van der Waals surface area contributed by atoms with Crippen molar-refractivity contribution in [1.82, 2.24) is 0 Å². The summed E-state index contributed by atoms with van der Waals surface area (Å²) in [6.07, 6.45) is 0.941. The Hall–Kier alpha value is -2.63. The van der Waals surface area contributed by atoms with Crippen LogP contribution < -0.4 is 0 Å². The molecule has 0 bridgehead atoms. The minimum absolute atomic E-state index is 0.0293. The van der Waals surface area contributed by atoms with Crippen molar-refractivity contribution in [3.8, 4) is 0 Å². The molecule has 0 spiro atoms.